The zero-order valence-corrected chi connectivity index (χ0v) is 12.0. The monoisotopic (exact) mass is 289 g/mol. The molecule has 0 aliphatic carbocycles. The van der Waals surface area contributed by atoms with Crippen LogP contribution in [0.5, 0.6) is 0 Å². The fourth-order valence-electron chi connectivity index (χ4n) is 2.60. The van der Waals surface area contributed by atoms with Gasteiger partial charge in [0.25, 0.3) is 0 Å². The molecule has 2 aromatic rings. The summed E-state index contributed by atoms with van der Waals surface area (Å²) in [6.45, 7) is 4.22. The van der Waals surface area contributed by atoms with Crippen molar-refractivity contribution in [3.63, 3.8) is 0 Å². The Morgan fingerprint density at radius 3 is 2.95 bits per heavy atom. The quantitative estimate of drug-likeness (QED) is 0.871. The second-order valence-corrected chi connectivity index (χ2v) is 5.24. The molecule has 1 fully saturated rings. The molecule has 110 valence electrons. The van der Waals surface area contributed by atoms with Gasteiger partial charge in [-0.15, -0.1) is 0 Å². The van der Waals surface area contributed by atoms with Crippen molar-refractivity contribution in [1.82, 2.24) is 10.1 Å². The number of hydrogen-bond donors (Lipinski definition) is 0. The first kappa shape index (κ1) is 13.7. The van der Waals surface area contributed by atoms with Crippen LogP contribution in [0.4, 0.5) is 10.1 Å². The van der Waals surface area contributed by atoms with E-state index in [-0.39, 0.29) is 17.6 Å². The summed E-state index contributed by atoms with van der Waals surface area (Å²) >= 11 is 0. The average molecular weight is 289 g/mol. The first-order valence-electron chi connectivity index (χ1n) is 6.97. The number of carbonyl (C=O) groups is 1. The third kappa shape index (κ3) is 2.53. The molecule has 21 heavy (non-hydrogen) atoms. The van der Waals surface area contributed by atoms with E-state index in [0.29, 0.717) is 31.1 Å². The van der Waals surface area contributed by atoms with Crippen LogP contribution in [0.2, 0.25) is 0 Å². The molecule has 1 aromatic carbocycles. The van der Waals surface area contributed by atoms with Crippen LogP contribution in [0, 0.1) is 12.7 Å². The number of anilines is 1. The van der Waals surface area contributed by atoms with Crippen molar-refractivity contribution < 1.29 is 13.7 Å². The van der Waals surface area contributed by atoms with E-state index in [1.54, 1.807) is 17.9 Å². The molecule has 1 atom stereocenters. The normalized spacial score (nSPS) is 18.5. The van der Waals surface area contributed by atoms with Crippen molar-refractivity contribution in [2.75, 3.05) is 11.4 Å². The van der Waals surface area contributed by atoms with Gasteiger partial charge < -0.3 is 9.42 Å². The van der Waals surface area contributed by atoms with Crippen LogP contribution in [-0.2, 0) is 11.2 Å². The van der Waals surface area contributed by atoms with Crippen molar-refractivity contribution in [1.29, 1.82) is 0 Å². The molecule has 1 aliphatic heterocycles. The molecule has 0 N–H and O–H groups in total. The third-order valence-electron chi connectivity index (χ3n) is 3.72. The van der Waals surface area contributed by atoms with E-state index in [1.807, 2.05) is 6.92 Å². The summed E-state index contributed by atoms with van der Waals surface area (Å²) in [5.74, 6) is 0.737. The minimum absolute atomic E-state index is 0.00837. The smallest absolute Gasteiger partial charge is 0.232 e. The SMILES string of the molecule is CCc1noc([C@@H]2CC(=O)N(c3ccc(F)cc3C)C2)n1. The highest BCUT2D eigenvalue weighted by molar-refractivity contribution is 5.97. The minimum Gasteiger partial charge on any atom is -0.339 e. The molecule has 3 rings (SSSR count). The van der Waals surface area contributed by atoms with Crippen LogP contribution < -0.4 is 4.90 Å². The van der Waals surface area contributed by atoms with Gasteiger partial charge in [0, 0.05) is 25.1 Å². The van der Waals surface area contributed by atoms with Gasteiger partial charge in [0.05, 0.1) is 5.92 Å². The van der Waals surface area contributed by atoms with Gasteiger partial charge in [-0.25, -0.2) is 4.39 Å². The summed E-state index contributed by atoms with van der Waals surface area (Å²) in [7, 11) is 0. The zero-order valence-electron chi connectivity index (χ0n) is 12.0. The third-order valence-corrected chi connectivity index (χ3v) is 3.72. The molecule has 1 saturated heterocycles. The summed E-state index contributed by atoms with van der Waals surface area (Å²) in [5, 5.41) is 3.87. The topological polar surface area (TPSA) is 59.2 Å². The highest BCUT2D eigenvalue weighted by atomic mass is 19.1. The number of aryl methyl sites for hydroxylation is 2. The lowest BCUT2D eigenvalue weighted by atomic mass is 10.1. The van der Waals surface area contributed by atoms with Crippen LogP contribution in [0.25, 0.3) is 0 Å². The van der Waals surface area contributed by atoms with Crippen LogP contribution in [0.15, 0.2) is 22.7 Å². The van der Waals surface area contributed by atoms with Crippen molar-refractivity contribution >= 4 is 11.6 Å². The Morgan fingerprint density at radius 2 is 2.29 bits per heavy atom. The van der Waals surface area contributed by atoms with Gasteiger partial charge in [0.1, 0.15) is 5.82 Å². The fourth-order valence-corrected chi connectivity index (χ4v) is 2.60. The van der Waals surface area contributed by atoms with Gasteiger partial charge in [0.15, 0.2) is 5.82 Å². The second-order valence-electron chi connectivity index (χ2n) is 5.24. The first-order valence-corrected chi connectivity index (χ1v) is 6.97. The van der Waals surface area contributed by atoms with Gasteiger partial charge >= 0.3 is 0 Å². The Labute approximate surface area is 121 Å². The number of amides is 1. The first-order chi connectivity index (χ1) is 10.1. The Balaban J connectivity index is 1.84. The Kier molecular flexibility index (Phi) is 3.45. The molecule has 2 heterocycles. The lowest BCUT2D eigenvalue weighted by Gasteiger charge is -2.18. The largest absolute Gasteiger partial charge is 0.339 e. The summed E-state index contributed by atoms with van der Waals surface area (Å²) in [6, 6.07) is 4.43. The number of carbonyl (C=O) groups excluding carboxylic acids is 1. The van der Waals surface area contributed by atoms with Gasteiger partial charge in [-0.3, -0.25) is 4.79 Å². The van der Waals surface area contributed by atoms with Crippen molar-refractivity contribution in [3.05, 3.63) is 41.3 Å². The van der Waals surface area contributed by atoms with Crippen molar-refractivity contribution in [2.24, 2.45) is 0 Å². The van der Waals surface area contributed by atoms with Gasteiger partial charge in [-0.1, -0.05) is 12.1 Å². The Bertz CT molecular complexity index is 683. The molecular formula is C15H16FN3O2. The number of rotatable bonds is 3. The number of halogens is 1. The number of hydrogen-bond acceptors (Lipinski definition) is 4. The predicted octanol–water partition coefficient (Wildman–Crippen LogP) is 2.60. The molecule has 1 aliphatic rings. The van der Waals surface area contributed by atoms with E-state index >= 15 is 0 Å². The maximum atomic E-state index is 13.2. The van der Waals surface area contributed by atoms with Gasteiger partial charge in [0.2, 0.25) is 11.8 Å². The summed E-state index contributed by atoms with van der Waals surface area (Å²) in [6.07, 6.45) is 1.03. The standard InChI is InChI=1S/C15H16FN3O2/c1-3-13-17-15(21-18-13)10-7-14(20)19(8-10)12-5-4-11(16)6-9(12)2/h4-6,10H,3,7-8H2,1-2H3/t10-/m1/s1. The highest BCUT2D eigenvalue weighted by Crippen LogP contribution is 2.32. The van der Waals surface area contributed by atoms with E-state index in [9.17, 15) is 9.18 Å². The average Bonchev–Trinajstić information content (AvgIpc) is 3.05. The van der Waals surface area contributed by atoms with Gasteiger partial charge in [-0.2, -0.15) is 4.98 Å². The number of aromatic nitrogens is 2. The summed E-state index contributed by atoms with van der Waals surface area (Å²) in [4.78, 5) is 18.2. The molecule has 6 heteroatoms. The Hall–Kier alpha value is -2.24. The summed E-state index contributed by atoms with van der Waals surface area (Å²) < 4.78 is 18.4. The van der Waals surface area contributed by atoms with E-state index in [1.165, 1.54) is 12.1 Å². The van der Waals surface area contributed by atoms with E-state index in [0.717, 1.165) is 11.3 Å². The maximum Gasteiger partial charge on any atom is 0.232 e. The lowest BCUT2D eigenvalue weighted by molar-refractivity contribution is -0.117. The minimum atomic E-state index is -0.302. The highest BCUT2D eigenvalue weighted by Gasteiger charge is 2.35. The van der Waals surface area contributed by atoms with Crippen LogP contribution in [-0.4, -0.2) is 22.6 Å². The van der Waals surface area contributed by atoms with E-state index < -0.39 is 0 Å². The molecule has 1 amide bonds. The van der Waals surface area contributed by atoms with Crippen LogP contribution >= 0.6 is 0 Å². The molecule has 0 spiro atoms. The predicted molar refractivity (Wildman–Crippen MR) is 74.5 cm³/mol. The number of nitrogens with zero attached hydrogens (tertiary/aromatic N) is 3. The van der Waals surface area contributed by atoms with E-state index in [2.05, 4.69) is 10.1 Å². The fraction of sp³-hybridized carbons (Fsp3) is 0.400. The van der Waals surface area contributed by atoms with E-state index in [4.69, 9.17) is 4.52 Å². The molecule has 1 aromatic heterocycles. The molecule has 5 nitrogen and oxygen atoms in total. The van der Waals surface area contributed by atoms with Crippen LogP contribution in [0.1, 0.15) is 36.5 Å². The van der Waals surface area contributed by atoms with Gasteiger partial charge in [-0.05, 0) is 30.7 Å². The molecule has 0 unspecified atom stereocenters. The lowest BCUT2D eigenvalue weighted by Crippen LogP contribution is -2.25. The summed E-state index contributed by atoms with van der Waals surface area (Å²) in [5.41, 5.74) is 1.47. The second kappa shape index (κ2) is 5.27. The molecule has 0 saturated carbocycles. The molecule has 0 bridgehead atoms. The molecular weight excluding hydrogens is 273 g/mol. The Morgan fingerprint density at radius 1 is 1.48 bits per heavy atom. The van der Waals surface area contributed by atoms with Crippen molar-refractivity contribution in [3.8, 4) is 0 Å². The molecule has 0 radical (unpaired) electrons. The van der Waals surface area contributed by atoms with Crippen LogP contribution in [0.3, 0.4) is 0 Å². The zero-order chi connectivity index (χ0) is 15.0. The maximum absolute atomic E-state index is 13.2. The van der Waals surface area contributed by atoms with Crippen molar-refractivity contribution in [2.45, 2.75) is 32.6 Å². The number of benzene rings is 1.